The maximum Gasteiger partial charge on any atom is 0.356 e. The van der Waals surface area contributed by atoms with Gasteiger partial charge in [-0.3, -0.25) is 4.79 Å². The van der Waals surface area contributed by atoms with Gasteiger partial charge in [0.2, 0.25) is 5.91 Å². The van der Waals surface area contributed by atoms with E-state index in [4.69, 9.17) is 5.11 Å². The third-order valence-electron chi connectivity index (χ3n) is 3.44. The van der Waals surface area contributed by atoms with Crippen molar-refractivity contribution in [3.8, 4) is 0 Å². The zero-order chi connectivity index (χ0) is 14.1. The van der Waals surface area contributed by atoms with Gasteiger partial charge in [-0.25, -0.2) is 9.78 Å². The number of benzene rings is 1. The summed E-state index contributed by atoms with van der Waals surface area (Å²) in [7, 11) is 0. The molecule has 5 heteroatoms. The van der Waals surface area contributed by atoms with Crippen LogP contribution in [0, 0.1) is 0 Å². The SMILES string of the molecule is O=C(O)c1ncccc1NC(=O)C1Cc2ccccc21. The Morgan fingerprint density at radius 3 is 2.75 bits per heavy atom. The summed E-state index contributed by atoms with van der Waals surface area (Å²) < 4.78 is 0. The van der Waals surface area contributed by atoms with Gasteiger partial charge in [0.05, 0.1) is 11.6 Å². The number of nitrogens with one attached hydrogen (secondary N) is 1. The van der Waals surface area contributed by atoms with Crippen LogP contribution < -0.4 is 5.32 Å². The summed E-state index contributed by atoms with van der Waals surface area (Å²) in [5, 5.41) is 11.7. The number of carboxylic acid groups (broad SMARTS) is 1. The number of carbonyl (C=O) groups excluding carboxylic acids is 1. The first-order chi connectivity index (χ1) is 9.66. The molecule has 0 saturated carbocycles. The molecule has 0 saturated heterocycles. The summed E-state index contributed by atoms with van der Waals surface area (Å²) in [6.45, 7) is 0. The molecule has 5 nitrogen and oxygen atoms in total. The van der Waals surface area contributed by atoms with E-state index in [2.05, 4.69) is 10.3 Å². The third kappa shape index (κ3) is 2.03. The predicted molar refractivity (Wildman–Crippen MR) is 72.7 cm³/mol. The molecule has 1 aromatic heterocycles. The van der Waals surface area contributed by atoms with E-state index in [1.807, 2.05) is 24.3 Å². The van der Waals surface area contributed by atoms with Gasteiger partial charge in [0.1, 0.15) is 0 Å². The summed E-state index contributed by atoms with van der Waals surface area (Å²) in [5.74, 6) is -1.57. The number of hydrogen-bond acceptors (Lipinski definition) is 3. The number of anilines is 1. The molecule has 1 aliphatic carbocycles. The van der Waals surface area contributed by atoms with Crippen LogP contribution >= 0.6 is 0 Å². The number of aromatic nitrogens is 1. The van der Waals surface area contributed by atoms with Crippen molar-refractivity contribution in [1.82, 2.24) is 4.98 Å². The van der Waals surface area contributed by atoms with Crippen LogP contribution in [0.4, 0.5) is 5.69 Å². The van der Waals surface area contributed by atoms with Gasteiger partial charge < -0.3 is 10.4 Å². The van der Waals surface area contributed by atoms with Crippen LogP contribution in [-0.2, 0) is 11.2 Å². The van der Waals surface area contributed by atoms with Crippen molar-refractivity contribution in [2.45, 2.75) is 12.3 Å². The predicted octanol–water partition coefficient (Wildman–Crippen LogP) is 2.06. The zero-order valence-electron chi connectivity index (χ0n) is 10.5. The average Bonchev–Trinajstić information content (AvgIpc) is 2.40. The average molecular weight is 268 g/mol. The Bertz CT molecular complexity index is 697. The molecule has 0 fully saturated rings. The molecule has 100 valence electrons. The Hall–Kier alpha value is -2.69. The zero-order valence-corrected chi connectivity index (χ0v) is 10.5. The van der Waals surface area contributed by atoms with Gasteiger partial charge in [0.25, 0.3) is 0 Å². The monoisotopic (exact) mass is 268 g/mol. The molecule has 0 aliphatic heterocycles. The van der Waals surface area contributed by atoms with Crippen LogP contribution in [0.25, 0.3) is 0 Å². The first-order valence-electron chi connectivity index (χ1n) is 6.24. The van der Waals surface area contributed by atoms with Crippen molar-refractivity contribution in [2.75, 3.05) is 5.32 Å². The molecular formula is C15H12N2O3. The lowest BCUT2D eigenvalue weighted by Gasteiger charge is -2.28. The number of amides is 1. The number of nitrogens with zero attached hydrogens (tertiary/aromatic N) is 1. The van der Waals surface area contributed by atoms with Gasteiger partial charge in [0.15, 0.2) is 5.69 Å². The fourth-order valence-electron chi connectivity index (χ4n) is 2.39. The molecule has 0 bridgehead atoms. The molecule has 1 amide bonds. The lowest BCUT2D eigenvalue weighted by atomic mass is 9.77. The number of aromatic carboxylic acids is 1. The number of fused-ring (bicyclic) bond motifs is 1. The second-order valence-electron chi connectivity index (χ2n) is 4.65. The van der Waals surface area contributed by atoms with Crippen molar-refractivity contribution in [3.05, 3.63) is 59.4 Å². The Kier molecular flexibility index (Phi) is 2.95. The largest absolute Gasteiger partial charge is 0.476 e. The molecule has 2 N–H and O–H groups in total. The van der Waals surface area contributed by atoms with Crippen LogP contribution in [0.5, 0.6) is 0 Å². The highest BCUT2D eigenvalue weighted by molar-refractivity contribution is 6.02. The second-order valence-corrected chi connectivity index (χ2v) is 4.65. The van der Waals surface area contributed by atoms with Gasteiger partial charge in [-0.05, 0) is 29.7 Å². The smallest absolute Gasteiger partial charge is 0.356 e. The molecule has 20 heavy (non-hydrogen) atoms. The van der Waals surface area contributed by atoms with E-state index in [9.17, 15) is 9.59 Å². The topological polar surface area (TPSA) is 79.3 Å². The lowest BCUT2D eigenvalue weighted by Crippen LogP contribution is -2.30. The molecule has 1 atom stereocenters. The van der Waals surface area contributed by atoms with E-state index in [-0.39, 0.29) is 23.2 Å². The fraction of sp³-hybridized carbons (Fsp3) is 0.133. The first kappa shape index (κ1) is 12.3. The summed E-state index contributed by atoms with van der Waals surface area (Å²) in [4.78, 5) is 27.0. The molecule has 0 radical (unpaired) electrons. The van der Waals surface area contributed by atoms with Gasteiger partial charge in [-0.1, -0.05) is 24.3 Å². The molecule has 1 aliphatic rings. The molecule has 2 aromatic rings. The Balaban J connectivity index is 1.80. The highest BCUT2D eigenvalue weighted by Crippen LogP contribution is 2.35. The van der Waals surface area contributed by atoms with Crippen LogP contribution in [0.2, 0.25) is 0 Å². The Morgan fingerprint density at radius 2 is 2.00 bits per heavy atom. The minimum Gasteiger partial charge on any atom is -0.476 e. The van der Waals surface area contributed by atoms with Crippen molar-refractivity contribution in [2.24, 2.45) is 0 Å². The maximum absolute atomic E-state index is 12.2. The van der Waals surface area contributed by atoms with Gasteiger partial charge in [-0.2, -0.15) is 0 Å². The summed E-state index contributed by atoms with van der Waals surface area (Å²) in [6.07, 6.45) is 2.07. The summed E-state index contributed by atoms with van der Waals surface area (Å²) in [5.41, 5.74) is 2.26. The maximum atomic E-state index is 12.2. The molecule has 3 rings (SSSR count). The Labute approximate surface area is 115 Å². The van der Waals surface area contributed by atoms with E-state index in [1.165, 1.54) is 6.20 Å². The summed E-state index contributed by atoms with van der Waals surface area (Å²) >= 11 is 0. The second kappa shape index (κ2) is 4.77. The lowest BCUT2D eigenvalue weighted by molar-refractivity contribution is -0.118. The van der Waals surface area contributed by atoms with Crippen molar-refractivity contribution >= 4 is 17.6 Å². The third-order valence-corrected chi connectivity index (χ3v) is 3.44. The number of rotatable bonds is 3. The number of carbonyl (C=O) groups is 2. The summed E-state index contributed by atoms with van der Waals surface area (Å²) in [6, 6.07) is 10.9. The van der Waals surface area contributed by atoms with Crippen molar-refractivity contribution in [1.29, 1.82) is 0 Å². The van der Waals surface area contributed by atoms with E-state index in [0.29, 0.717) is 6.42 Å². The first-order valence-corrected chi connectivity index (χ1v) is 6.24. The van der Waals surface area contributed by atoms with Crippen LogP contribution in [0.1, 0.15) is 27.5 Å². The van der Waals surface area contributed by atoms with E-state index in [0.717, 1.165) is 11.1 Å². The quantitative estimate of drug-likeness (QED) is 0.893. The van der Waals surface area contributed by atoms with E-state index < -0.39 is 5.97 Å². The van der Waals surface area contributed by atoms with E-state index >= 15 is 0 Å². The Morgan fingerprint density at radius 1 is 1.20 bits per heavy atom. The number of carboxylic acids is 1. The minimum absolute atomic E-state index is 0.145. The van der Waals surface area contributed by atoms with Crippen LogP contribution in [-0.4, -0.2) is 22.0 Å². The highest BCUT2D eigenvalue weighted by atomic mass is 16.4. The van der Waals surface area contributed by atoms with Crippen molar-refractivity contribution in [3.63, 3.8) is 0 Å². The normalized spacial score (nSPS) is 15.9. The molecule has 1 heterocycles. The van der Waals surface area contributed by atoms with Gasteiger partial charge in [0, 0.05) is 6.20 Å². The van der Waals surface area contributed by atoms with Gasteiger partial charge in [-0.15, -0.1) is 0 Å². The fourth-order valence-corrected chi connectivity index (χ4v) is 2.39. The number of pyridine rings is 1. The van der Waals surface area contributed by atoms with Crippen molar-refractivity contribution < 1.29 is 14.7 Å². The molecule has 1 unspecified atom stereocenters. The highest BCUT2D eigenvalue weighted by Gasteiger charge is 2.32. The molecular weight excluding hydrogens is 256 g/mol. The van der Waals surface area contributed by atoms with Crippen LogP contribution in [0.15, 0.2) is 42.6 Å². The van der Waals surface area contributed by atoms with E-state index in [1.54, 1.807) is 12.1 Å². The standard InChI is InChI=1S/C15H12N2O3/c18-14(11-8-9-4-1-2-5-10(9)11)17-12-6-3-7-16-13(12)15(19)20/h1-7,11H,8H2,(H,17,18)(H,19,20). The minimum atomic E-state index is -1.16. The molecule has 0 spiro atoms. The van der Waals surface area contributed by atoms with Gasteiger partial charge >= 0.3 is 5.97 Å². The number of hydrogen-bond donors (Lipinski definition) is 2. The molecule has 1 aromatic carbocycles. The van der Waals surface area contributed by atoms with Crippen LogP contribution in [0.3, 0.4) is 0 Å².